The first-order valence-electron chi connectivity index (χ1n) is 7.14. The van der Waals surface area contributed by atoms with Crippen molar-refractivity contribution in [3.05, 3.63) is 24.3 Å². The van der Waals surface area contributed by atoms with E-state index < -0.39 is 5.54 Å². The zero-order valence-corrected chi connectivity index (χ0v) is 13.0. The van der Waals surface area contributed by atoms with Crippen LogP contribution >= 0.6 is 0 Å². The lowest BCUT2D eigenvalue weighted by molar-refractivity contribution is -0.143. The molecule has 0 aromatic carbocycles. The van der Waals surface area contributed by atoms with Crippen LogP contribution in [0.2, 0.25) is 0 Å². The van der Waals surface area contributed by atoms with Crippen LogP contribution < -0.4 is 0 Å². The predicted octanol–water partition coefficient (Wildman–Crippen LogP) is 2.37. The van der Waals surface area contributed by atoms with Crippen LogP contribution in [0.1, 0.15) is 46.5 Å². The Balaban J connectivity index is 2.26. The first kappa shape index (κ1) is 17.1. The highest BCUT2D eigenvalue weighted by molar-refractivity contribution is 6.13. The van der Waals surface area contributed by atoms with Gasteiger partial charge in [0.25, 0.3) is 11.8 Å². The maximum Gasteiger partial charge on any atom is 0.333 e. The Hall–Kier alpha value is -1.91. The van der Waals surface area contributed by atoms with Crippen LogP contribution in [-0.4, -0.2) is 34.8 Å². The number of unbranched alkanes of at least 4 members (excludes halogenated alkanes) is 2. The molecule has 5 nitrogen and oxygen atoms in total. The molecule has 0 saturated carbocycles. The molecule has 116 valence electrons. The Bertz CT molecular complexity index is 459. The Morgan fingerprint density at radius 3 is 2.29 bits per heavy atom. The number of rotatable bonds is 8. The molecule has 0 saturated heterocycles. The molecule has 0 spiro atoms. The largest absolute Gasteiger partial charge is 0.462 e. The second-order valence-corrected chi connectivity index (χ2v) is 5.88. The molecule has 0 unspecified atom stereocenters. The van der Waals surface area contributed by atoms with Crippen LogP contribution in [0, 0.1) is 0 Å². The summed E-state index contributed by atoms with van der Waals surface area (Å²) in [7, 11) is 0. The summed E-state index contributed by atoms with van der Waals surface area (Å²) < 4.78 is 5.00. The summed E-state index contributed by atoms with van der Waals surface area (Å²) in [5.41, 5.74) is -0.0961. The molecule has 21 heavy (non-hydrogen) atoms. The third-order valence-electron chi connectivity index (χ3n) is 3.43. The summed E-state index contributed by atoms with van der Waals surface area (Å²) in [5.74, 6) is -0.865. The molecular weight excluding hydrogens is 270 g/mol. The normalized spacial score (nSPS) is 14.7. The molecule has 0 N–H and O–H groups in total. The van der Waals surface area contributed by atoms with Gasteiger partial charge in [0, 0.05) is 23.3 Å². The maximum atomic E-state index is 11.7. The van der Waals surface area contributed by atoms with E-state index in [2.05, 4.69) is 6.58 Å². The van der Waals surface area contributed by atoms with Crippen molar-refractivity contribution in [3.8, 4) is 0 Å². The summed E-state index contributed by atoms with van der Waals surface area (Å²) in [6.07, 6.45) is 5.82. The standard InChI is InChI=1S/C16H23NO4/c1-12(2)15(20)21-11-7-5-6-10-16(3,4)17-13(18)8-9-14(17)19/h8-9H,1,5-7,10-11H2,2-4H3. The number of carbonyl (C=O) groups excluding carboxylic acids is 3. The van der Waals surface area contributed by atoms with Crippen molar-refractivity contribution in [1.82, 2.24) is 4.90 Å². The topological polar surface area (TPSA) is 63.7 Å². The number of carbonyl (C=O) groups is 3. The van der Waals surface area contributed by atoms with Crippen molar-refractivity contribution in [3.63, 3.8) is 0 Å². The Labute approximate surface area is 125 Å². The van der Waals surface area contributed by atoms with Gasteiger partial charge < -0.3 is 4.74 Å². The van der Waals surface area contributed by atoms with E-state index in [1.165, 1.54) is 17.1 Å². The monoisotopic (exact) mass is 293 g/mol. The fourth-order valence-electron chi connectivity index (χ4n) is 2.23. The van der Waals surface area contributed by atoms with E-state index in [0.29, 0.717) is 12.2 Å². The fraction of sp³-hybridized carbons (Fsp3) is 0.562. The predicted molar refractivity (Wildman–Crippen MR) is 79.3 cm³/mol. The van der Waals surface area contributed by atoms with Crippen LogP contribution in [0.4, 0.5) is 0 Å². The third kappa shape index (κ3) is 4.85. The molecule has 1 aliphatic rings. The van der Waals surface area contributed by atoms with E-state index in [9.17, 15) is 14.4 Å². The second-order valence-electron chi connectivity index (χ2n) is 5.88. The SMILES string of the molecule is C=C(C)C(=O)OCCCCCC(C)(C)N1C(=O)C=CC1=O. The fourth-order valence-corrected chi connectivity index (χ4v) is 2.23. The van der Waals surface area contributed by atoms with Gasteiger partial charge in [0.1, 0.15) is 0 Å². The van der Waals surface area contributed by atoms with Crippen molar-refractivity contribution < 1.29 is 19.1 Å². The van der Waals surface area contributed by atoms with Crippen LogP contribution in [-0.2, 0) is 19.1 Å². The quantitative estimate of drug-likeness (QED) is 0.298. The molecular formula is C16H23NO4. The zero-order valence-electron chi connectivity index (χ0n) is 13.0. The molecule has 0 atom stereocenters. The van der Waals surface area contributed by atoms with E-state index in [-0.39, 0.29) is 17.8 Å². The van der Waals surface area contributed by atoms with Crippen LogP contribution in [0.15, 0.2) is 24.3 Å². The van der Waals surface area contributed by atoms with Crippen LogP contribution in [0.25, 0.3) is 0 Å². The van der Waals surface area contributed by atoms with Crippen molar-refractivity contribution in [2.45, 2.75) is 52.0 Å². The van der Waals surface area contributed by atoms with Crippen LogP contribution in [0.3, 0.4) is 0 Å². The van der Waals surface area contributed by atoms with Gasteiger partial charge in [-0.2, -0.15) is 0 Å². The smallest absolute Gasteiger partial charge is 0.333 e. The van der Waals surface area contributed by atoms with E-state index in [0.717, 1.165) is 25.7 Å². The lowest BCUT2D eigenvalue weighted by atomic mass is 9.94. The van der Waals surface area contributed by atoms with Gasteiger partial charge in [0.05, 0.1) is 6.61 Å². The van der Waals surface area contributed by atoms with Crippen molar-refractivity contribution in [2.24, 2.45) is 0 Å². The van der Waals surface area contributed by atoms with E-state index in [1.807, 2.05) is 13.8 Å². The molecule has 0 aromatic heterocycles. The Morgan fingerprint density at radius 2 is 1.76 bits per heavy atom. The summed E-state index contributed by atoms with van der Waals surface area (Å²) in [6, 6.07) is 0. The average molecular weight is 293 g/mol. The van der Waals surface area contributed by atoms with E-state index >= 15 is 0 Å². The van der Waals surface area contributed by atoms with Gasteiger partial charge in [-0.1, -0.05) is 13.0 Å². The lowest BCUT2D eigenvalue weighted by Crippen LogP contribution is -2.47. The highest BCUT2D eigenvalue weighted by Crippen LogP contribution is 2.25. The minimum Gasteiger partial charge on any atom is -0.462 e. The molecule has 0 aliphatic carbocycles. The highest BCUT2D eigenvalue weighted by atomic mass is 16.5. The first-order valence-corrected chi connectivity index (χ1v) is 7.14. The lowest BCUT2D eigenvalue weighted by Gasteiger charge is -2.33. The zero-order chi connectivity index (χ0) is 16.0. The van der Waals surface area contributed by atoms with E-state index in [1.54, 1.807) is 6.92 Å². The maximum absolute atomic E-state index is 11.7. The van der Waals surface area contributed by atoms with Gasteiger partial charge in [-0.25, -0.2) is 4.79 Å². The number of imide groups is 1. The van der Waals surface area contributed by atoms with E-state index in [4.69, 9.17) is 4.74 Å². The van der Waals surface area contributed by atoms with Crippen molar-refractivity contribution >= 4 is 17.8 Å². The van der Waals surface area contributed by atoms with Gasteiger partial charge >= 0.3 is 5.97 Å². The number of amides is 2. The van der Waals surface area contributed by atoms with Gasteiger partial charge in [0.15, 0.2) is 0 Å². The van der Waals surface area contributed by atoms with Crippen molar-refractivity contribution in [1.29, 1.82) is 0 Å². The molecule has 0 aromatic rings. The van der Waals surface area contributed by atoms with Gasteiger partial charge in [-0.3, -0.25) is 14.5 Å². The minimum atomic E-state index is -0.494. The molecule has 0 fully saturated rings. The number of nitrogens with zero attached hydrogens (tertiary/aromatic N) is 1. The number of ether oxygens (including phenoxy) is 1. The summed E-state index contributed by atoms with van der Waals surface area (Å²) in [5, 5.41) is 0. The Morgan fingerprint density at radius 1 is 1.19 bits per heavy atom. The molecule has 1 rings (SSSR count). The number of hydrogen-bond acceptors (Lipinski definition) is 4. The van der Waals surface area contributed by atoms with Gasteiger partial charge in [-0.15, -0.1) is 0 Å². The Kier molecular flexibility index (Phi) is 5.88. The molecule has 5 heteroatoms. The molecule has 0 radical (unpaired) electrons. The molecule has 1 heterocycles. The minimum absolute atomic E-state index is 0.250. The molecule has 0 bridgehead atoms. The summed E-state index contributed by atoms with van der Waals surface area (Å²) in [4.78, 5) is 35.8. The molecule has 2 amide bonds. The van der Waals surface area contributed by atoms with Gasteiger partial charge in [-0.05, 0) is 40.0 Å². The first-order chi connectivity index (χ1) is 9.75. The summed E-state index contributed by atoms with van der Waals surface area (Å²) in [6.45, 7) is 9.27. The second kappa shape index (κ2) is 7.20. The number of esters is 1. The average Bonchev–Trinajstić information content (AvgIpc) is 2.73. The highest BCUT2D eigenvalue weighted by Gasteiger charge is 2.36. The van der Waals surface area contributed by atoms with Crippen LogP contribution in [0.5, 0.6) is 0 Å². The van der Waals surface area contributed by atoms with Crippen molar-refractivity contribution in [2.75, 3.05) is 6.61 Å². The number of hydrogen-bond donors (Lipinski definition) is 0. The van der Waals surface area contributed by atoms with Gasteiger partial charge in [0.2, 0.25) is 0 Å². The summed E-state index contributed by atoms with van der Waals surface area (Å²) >= 11 is 0. The molecule has 1 aliphatic heterocycles. The third-order valence-corrected chi connectivity index (χ3v) is 3.43.